The van der Waals surface area contributed by atoms with Gasteiger partial charge in [0.1, 0.15) is 16.3 Å². The first kappa shape index (κ1) is 29.1. The number of aromatic nitrogens is 2. The van der Waals surface area contributed by atoms with Gasteiger partial charge in [0.2, 0.25) is 0 Å². The third kappa shape index (κ3) is 6.14. The summed E-state index contributed by atoms with van der Waals surface area (Å²) >= 11 is 9.78. The number of carbonyl (C=O) groups excluding carboxylic acids is 1. The molecular weight excluding hydrogens is 584 g/mol. The lowest BCUT2D eigenvalue weighted by Crippen LogP contribution is -2.40. The summed E-state index contributed by atoms with van der Waals surface area (Å²) < 4.78 is 7.00. The van der Waals surface area contributed by atoms with Gasteiger partial charge in [0.05, 0.1) is 28.5 Å². The lowest BCUT2D eigenvalue weighted by Gasteiger charge is -2.37. The van der Waals surface area contributed by atoms with E-state index in [-0.39, 0.29) is 22.7 Å². The molecule has 3 aromatic rings. The molecule has 0 aliphatic heterocycles. The van der Waals surface area contributed by atoms with Gasteiger partial charge < -0.3 is 19.0 Å². The maximum Gasteiger partial charge on any atom is 0.345 e. The van der Waals surface area contributed by atoms with E-state index in [1.807, 2.05) is 50.9 Å². The van der Waals surface area contributed by atoms with Crippen molar-refractivity contribution in [3.63, 3.8) is 0 Å². The Morgan fingerprint density at radius 1 is 1.18 bits per heavy atom. The first-order chi connectivity index (χ1) is 18.4. The molecule has 0 radical (unpaired) electrons. The van der Waals surface area contributed by atoms with E-state index in [4.69, 9.17) is 21.2 Å². The third-order valence-corrected chi connectivity index (χ3v) is 8.24. The quantitative estimate of drug-likeness (QED) is 0.139. The van der Waals surface area contributed by atoms with Crippen molar-refractivity contribution in [1.29, 1.82) is 0 Å². The summed E-state index contributed by atoms with van der Waals surface area (Å²) in [5, 5.41) is 4.86. The van der Waals surface area contributed by atoms with Gasteiger partial charge >= 0.3 is 5.97 Å². The van der Waals surface area contributed by atoms with Crippen LogP contribution in [0, 0.1) is 5.92 Å². The highest BCUT2D eigenvalue weighted by Gasteiger charge is 2.33. The van der Waals surface area contributed by atoms with Gasteiger partial charge in [0.15, 0.2) is 5.56 Å². The van der Waals surface area contributed by atoms with Gasteiger partial charge in [-0.05, 0) is 74.0 Å². The maximum atomic E-state index is 13.4. The van der Waals surface area contributed by atoms with Gasteiger partial charge in [-0.25, -0.2) is 9.78 Å². The van der Waals surface area contributed by atoms with E-state index in [9.17, 15) is 9.59 Å². The van der Waals surface area contributed by atoms with Crippen molar-refractivity contribution >= 4 is 55.9 Å². The van der Waals surface area contributed by atoms with Gasteiger partial charge in [-0.1, -0.05) is 47.1 Å². The number of aryl methyl sites for hydroxylation is 1. The number of methoxy groups -OCH3 is 1. The monoisotopic (exact) mass is 616 g/mol. The fraction of sp³-hybridized carbons (Fsp3) is 0.448. The molecule has 208 valence electrons. The van der Waals surface area contributed by atoms with Crippen LogP contribution in [0.2, 0.25) is 5.15 Å². The topological polar surface area (TPSA) is 86.0 Å². The van der Waals surface area contributed by atoms with E-state index >= 15 is 0 Å². The summed E-state index contributed by atoms with van der Waals surface area (Å²) in [6.07, 6.45) is 3.38. The largest absolute Gasteiger partial charge is 0.465 e. The van der Waals surface area contributed by atoms with Crippen LogP contribution in [0.4, 0.5) is 5.69 Å². The fourth-order valence-corrected chi connectivity index (χ4v) is 5.53. The number of ether oxygens (including phenoxy) is 1. The van der Waals surface area contributed by atoms with Crippen LogP contribution < -0.4 is 10.5 Å². The van der Waals surface area contributed by atoms with Crippen molar-refractivity contribution in [2.24, 2.45) is 18.1 Å². The molecule has 1 saturated carbocycles. The van der Waals surface area contributed by atoms with Crippen molar-refractivity contribution < 1.29 is 14.4 Å². The summed E-state index contributed by atoms with van der Waals surface area (Å²) in [5.74, 6) is -0.491. The predicted octanol–water partition coefficient (Wildman–Crippen LogP) is 6.35. The second kappa shape index (κ2) is 11.7. The highest BCUT2D eigenvalue weighted by atomic mass is 79.9. The van der Waals surface area contributed by atoms with Crippen molar-refractivity contribution in [1.82, 2.24) is 9.55 Å². The van der Waals surface area contributed by atoms with E-state index < -0.39 is 17.1 Å². The molecule has 0 spiro atoms. The highest BCUT2D eigenvalue weighted by molar-refractivity contribution is 9.10. The van der Waals surface area contributed by atoms with E-state index in [1.54, 1.807) is 13.1 Å². The number of anilines is 1. The number of fused-ring (bicyclic) bond motifs is 1. The minimum atomic E-state index is -0.702. The number of hydrogen-bond acceptors (Lipinski definition) is 7. The molecule has 1 aromatic carbocycles. The van der Waals surface area contributed by atoms with Crippen LogP contribution in [0.3, 0.4) is 0 Å². The number of hydrogen-bond donors (Lipinski definition) is 0. The summed E-state index contributed by atoms with van der Waals surface area (Å²) in [4.78, 5) is 38.7. The van der Waals surface area contributed by atoms with E-state index in [2.05, 4.69) is 38.2 Å². The molecule has 0 saturated heterocycles. The molecule has 2 aromatic heterocycles. The number of pyridine rings is 2. The van der Waals surface area contributed by atoms with Crippen molar-refractivity contribution in [2.45, 2.75) is 58.1 Å². The van der Waals surface area contributed by atoms with Crippen LogP contribution in [0.25, 0.3) is 11.0 Å². The standard InChI is InChI=1S/C29H34BrClN4O4/c1-29(2,3)39-33-23(17-10-8-7-9-11-17)18-12-14-19(15-13-18)34(4)25-22(28(37)38-6)27(36)35(5)21-16-20(30)26(31)32-24(21)25/h7-11,16,18-19H,12-15H2,1-6H3/b33-23+/t18-,19+. The zero-order chi connectivity index (χ0) is 28.5. The second-order valence-electron chi connectivity index (χ2n) is 10.9. The average molecular weight is 618 g/mol. The highest BCUT2D eigenvalue weighted by Crippen LogP contribution is 2.37. The first-order valence-corrected chi connectivity index (χ1v) is 14.1. The van der Waals surface area contributed by atoms with Crippen molar-refractivity contribution in [3.05, 3.63) is 67.5 Å². The molecule has 0 amide bonds. The third-order valence-electron chi connectivity index (χ3n) is 7.11. The zero-order valence-corrected chi connectivity index (χ0v) is 25.5. The average Bonchev–Trinajstić information content (AvgIpc) is 2.91. The number of halogens is 2. The Morgan fingerprint density at radius 2 is 1.82 bits per heavy atom. The molecule has 0 unspecified atom stereocenters. The van der Waals surface area contributed by atoms with Crippen LogP contribution in [-0.4, -0.2) is 47.0 Å². The van der Waals surface area contributed by atoms with Crippen LogP contribution in [-0.2, 0) is 16.6 Å². The molecule has 1 fully saturated rings. The van der Waals surface area contributed by atoms with E-state index in [1.165, 1.54) is 11.7 Å². The Bertz CT molecular complexity index is 1460. The van der Waals surface area contributed by atoms with Gasteiger partial charge in [-0.3, -0.25) is 4.79 Å². The van der Waals surface area contributed by atoms with Gasteiger partial charge in [0, 0.05) is 26.1 Å². The summed E-state index contributed by atoms with van der Waals surface area (Å²) in [6, 6.07) is 11.9. The molecule has 1 aliphatic rings. The molecule has 0 N–H and O–H groups in total. The molecule has 10 heteroatoms. The van der Waals surface area contributed by atoms with Crippen LogP contribution >= 0.6 is 27.5 Å². The molecule has 39 heavy (non-hydrogen) atoms. The minimum absolute atomic E-state index is 0.0480. The Kier molecular flexibility index (Phi) is 8.71. The molecular formula is C29H34BrClN4O4. The van der Waals surface area contributed by atoms with Gasteiger partial charge in [-0.2, -0.15) is 0 Å². The van der Waals surface area contributed by atoms with Crippen LogP contribution in [0.1, 0.15) is 62.4 Å². The van der Waals surface area contributed by atoms with Gasteiger partial charge in [0.25, 0.3) is 5.56 Å². The molecule has 8 nitrogen and oxygen atoms in total. The lowest BCUT2D eigenvalue weighted by molar-refractivity contribution is -0.0000344. The van der Waals surface area contributed by atoms with Crippen LogP contribution in [0.15, 0.2) is 50.8 Å². The van der Waals surface area contributed by atoms with Crippen molar-refractivity contribution in [2.75, 3.05) is 19.1 Å². The number of oxime groups is 1. The normalized spacial score (nSPS) is 18.2. The number of benzene rings is 1. The Morgan fingerprint density at radius 3 is 2.41 bits per heavy atom. The maximum absolute atomic E-state index is 13.4. The molecule has 2 heterocycles. The molecule has 4 rings (SSSR count). The van der Waals surface area contributed by atoms with E-state index in [0.29, 0.717) is 21.2 Å². The first-order valence-electron chi connectivity index (χ1n) is 12.9. The molecule has 1 aliphatic carbocycles. The SMILES string of the molecule is COC(=O)c1c(N(C)[C@H]2CC[C@@H](/C(=N/OC(C)(C)C)c3ccccc3)CC2)c2nc(Cl)c(Br)cc2n(C)c1=O. The number of esters is 1. The van der Waals surface area contributed by atoms with Gasteiger partial charge in [-0.15, -0.1) is 0 Å². The number of carbonyl (C=O) groups is 1. The predicted molar refractivity (Wildman–Crippen MR) is 159 cm³/mol. The zero-order valence-electron chi connectivity index (χ0n) is 23.1. The van der Waals surface area contributed by atoms with E-state index in [0.717, 1.165) is 37.0 Å². The Balaban J connectivity index is 1.70. The van der Waals surface area contributed by atoms with Crippen molar-refractivity contribution in [3.8, 4) is 0 Å². The lowest BCUT2D eigenvalue weighted by atomic mass is 9.80. The Labute approximate surface area is 242 Å². The smallest absolute Gasteiger partial charge is 0.345 e. The van der Waals surface area contributed by atoms with Crippen LogP contribution in [0.5, 0.6) is 0 Å². The molecule has 0 bridgehead atoms. The number of rotatable bonds is 6. The minimum Gasteiger partial charge on any atom is -0.465 e. The Hall–Kier alpha value is -2.91. The summed E-state index contributed by atoms with van der Waals surface area (Å²) in [7, 11) is 4.78. The number of nitrogens with zero attached hydrogens (tertiary/aromatic N) is 4. The molecule has 0 atom stereocenters. The summed E-state index contributed by atoms with van der Waals surface area (Å²) in [5.41, 5.74) is 2.58. The fourth-order valence-electron chi connectivity index (χ4n) is 5.09. The second-order valence-corrected chi connectivity index (χ2v) is 12.1. The summed E-state index contributed by atoms with van der Waals surface area (Å²) in [6.45, 7) is 5.95.